The molecule has 1 aliphatic heterocycles. The van der Waals surface area contributed by atoms with E-state index in [1.807, 2.05) is 52.0 Å². The van der Waals surface area contributed by atoms with Gasteiger partial charge in [0.05, 0.1) is 29.6 Å². The Kier molecular flexibility index (Phi) is 8.25. The number of amides is 2. The van der Waals surface area contributed by atoms with Gasteiger partial charge in [-0.05, 0) is 82.0 Å². The Morgan fingerprint density at radius 1 is 1.28 bits per heavy atom. The van der Waals surface area contributed by atoms with Gasteiger partial charge in [0.2, 0.25) is 5.88 Å². The standard InChI is InChI=1S/C28H35FN4O3/c1-5-26-25(18-32(28(34)30-19(2)3)17-24-10-7-15-35-24)27(36-23-9-6-8-20(4)16-23)33(31-26)22-13-11-21(29)12-14-22/h6,8-9,11-14,16,19,24H,5,7,10,15,17-18H2,1-4H3,(H,30,34)/t24-/m0/s1. The zero-order valence-corrected chi connectivity index (χ0v) is 21.5. The second-order valence-corrected chi connectivity index (χ2v) is 9.51. The second-order valence-electron chi connectivity index (χ2n) is 9.51. The fraction of sp³-hybridized carbons (Fsp3) is 0.429. The minimum Gasteiger partial charge on any atom is -0.439 e. The fourth-order valence-electron chi connectivity index (χ4n) is 4.36. The van der Waals surface area contributed by atoms with Gasteiger partial charge in [0, 0.05) is 19.2 Å². The van der Waals surface area contributed by atoms with Crippen LogP contribution in [-0.4, -0.2) is 46.0 Å². The number of rotatable bonds is 9. The molecule has 0 saturated carbocycles. The number of aromatic nitrogens is 2. The molecule has 0 aliphatic carbocycles. The Morgan fingerprint density at radius 2 is 2.06 bits per heavy atom. The van der Waals surface area contributed by atoms with Crippen molar-refractivity contribution in [2.75, 3.05) is 13.2 Å². The molecule has 1 aromatic heterocycles. The lowest BCUT2D eigenvalue weighted by molar-refractivity contribution is 0.0788. The maximum atomic E-state index is 13.7. The van der Waals surface area contributed by atoms with E-state index in [2.05, 4.69) is 5.32 Å². The van der Waals surface area contributed by atoms with Crippen LogP contribution in [0.4, 0.5) is 9.18 Å². The second kappa shape index (κ2) is 11.6. The van der Waals surface area contributed by atoms with Crippen LogP contribution >= 0.6 is 0 Å². The minimum absolute atomic E-state index is 0.0000878. The van der Waals surface area contributed by atoms with E-state index in [0.717, 1.165) is 29.7 Å². The zero-order valence-electron chi connectivity index (χ0n) is 21.5. The third-order valence-electron chi connectivity index (χ3n) is 6.13. The number of aryl methyl sites for hydroxylation is 2. The van der Waals surface area contributed by atoms with E-state index in [9.17, 15) is 9.18 Å². The number of hydrogen-bond donors (Lipinski definition) is 1. The van der Waals surface area contributed by atoms with Crippen LogP contribution in [0.2, 0.25) is 0 Å². The largest absolute Gasteiger partial charge is 0.439 e. The van der Waals surface area contributed by atoms with Gasteiger partial charge in [-0.15, -0.1) is 0 Å². The van der Waals surface area contributed by atoms with E-state index in [1.54, 1.807) is 21.7 Å². The summed E-state index contributed by atoms with van der Waals surface area (Å²) in [5, 5.41) is 7.85. The highest BCUT2D eigenvalue weighted by molar-refractivity contribution is 5.74. The molecule has 3 aromatic rings. The summed E-state index contributed by atoms with van der Waals surface area (Å²) in [4.78, 5) is 15.0. The van der Waals surface area contributed by atoms with Crippen molar-refractivity contribution in [2.45, 2.75) is 65.6 Å². The Labute approximate surface area is 212 Å². The number of ether oxygens (including phenoxy) is 2. The number of nitrogens with one attached hydrogen (secondary N) is 1. The van der Waals surface area contributed by atoms with Crippen molar-refractivity contribution in [3.63, 3.8) is 0 Å². The van der Waals surface area contributed by atoms with Gasteiger partial charge in [-0.25, -0.2) is 13.9 Å². The summed E-state index contributed by atoms with van der Waals surface area (Å²) in [6, 6.07) is 13.8. The van der Waals surface area contributed by atoms with E-state index >= 15 is 0 Å². The lowest BCUT2D eigenvalue weighted by Crippen LogP contribution is -2.45. The lowest BCUT2D eigenvalue weighted by atomic mass is 10.1. The van der Waals surface area contributed by atoms with Gasteiger partial charge >= 0.3 is 6.03 Å². The first-order chi connectivity index (χ1) is 17.3. The smallest absolute Gasteiger partial charge is 0.317 e. The Morgan fingerprint density at radius 3 is 2.69 bits per heavy atom. The van der Waals surface area contributed by atoms with Gasteiger partial charge in [-0.3, -0.25) is 0 Å². The third kappa shape index (κ3) is 6.23. The summed E-state index contributed by atoms with van der Waals surface area (Å²) in [7, 11) is 0. The van der Waals surface area contributed by atoms with Gasteiger partial charge < -0.3 is 19.7 Å². The van der Waals surface area contributed by atoms with Gasteiger partial charge in [0.25, 0.3) is 0 Å². The molecule has 0 bridgehead atoms. The number of halogens is 1. The average Bonchev–Trinajstić information content (AvgIpc) is 3.47. The molecular formula is C28H35FN4O3. The first kappa shape index (κ1) is 25.7. The Bertz CT molecular complexity index is 1170. The number of benzene rings is 2. The van der Waals surface area contributed by atoms with Crippen molar-refractivity contribution in [2.24, 2.45) is 0 Å². The quantitative estimate of drug-likeness (QED) is 0.410. The van der Waals surface area contributed by atoms with E-state index < -0.39 is 0 Å². The molecule has 2 aromatic carbocycles. The van der Waals surface area contributed by atoms with Gasteiger partial charge in [0.15, 0.2) is 0 Å². The molecule has 1 atom stereocenters. The number of hydrogen-bond acceptors (Lipinski definition) is 4. The fourth-order valence-corrected chi connectivity index (χ4v) is 4.36. The van der Waals surface area contributed by atoms with Crippen LogP contribution in [0.5, 0.6) is 11.6 Å². The first-order valence-electron chi connectivity index (χ1n) is 12.6. The van der Waals surface area contributed by atoms with Gasteiger partial charge in [0.1, 0.15) is 11.6 Å². The van der Waals surface area contributed by atoms with Crippen LogP contribution in [0.25, 0.3) is 5.69 Å². The van der Waals surface area contributed by atoms with Crippen molar-refractivity contribution in [3.8, 4) is 17.3 Å². The van der Waals surface area contributed by atoms with E-state index in [-0.39, 0.29) is 24.0 Å². The summed E-state index contributed by atoms with van der Waals surface area (Å²) < 4.78 is 27.7. The highest BCUT2D eigenvalue weighted by atomic mass is 19.1. The molecular weight excluding hydrogens is 459 g/mol. The molecule has 192 valence electrons. The summed E-state index contributed by atoms with van der Waals surface area (Å²) in [5.41, 5.74) is 3.38. The lowest BCUT2D eigenvalue weighted by Gasteiger charge is -2.27. The van der Waals surface area contributed by atoms with Crippen molar-refractivity contribution in [3.05, 3.63) is 71.2 Å². The highest BCUT2D eigenvalue weighted by Gasteiger charge is 2.28. The van der Waals surface area contributed by atoms with Crippen LogP contribution in [0.3, 0.4) is 0 Å². The van der Waals surface area contributed by atoms with Crippen LogP contribution in [0.15, 0.2) is 48.5 Å². The van der Waals surface area contributed by atoms with E-state index in [0.29, 0.717) is 43.4 Å². The maximum Gasteiger partial charge on any atom is 0.317 e. The average molecular weight is 495 g/mol. The molecule has 8 heteroatoms. The summed E-state index contributed by atoms with van der Waals surface area (Å²) in [6.07, 6.45) is 2.57. The molecule has 7 nitrogen and oxygen atoms in total. The Balaban J connectivity index is 1.76. The molecule has 1 fully saturated rings. The number of nitrogens with zero attached hydrogens (tertiary/aromatic N) is 3. The molecule has 4 rings (SSSR count). The highest BCUT2D eigenvalue weighted by Crippen LogP contribution is 2.33. The predicted octanol–water partition coefficient (Wildman–Crippen LogP) is 5.77. The van der Waals surface area contributed by atoms with Crippen LogP contribution < -0.4 is 10.1 Å². The molecule has 0 spiro atoms. The van der Waals surface area contributed by atoms with Crippen LogP contribution in [-0.2, 0) is 17.7 Å². The zero-order chi connectivity index (χ0) is 25.7. The molecule has 0 unspecified atom stereocenters. The summed E-state index contributed by atoms with van der Waals surface area (Å²) in [6.45, 7) is 9.42. The minimum atomic E-state index is -0.323. The van der Waals surface area contributed by atoms with Gasteiger partial charge in [-0.1, -0.05) is 19.1 Å². The molecule has 0 radical (unpaired) electrons. The first-order valence-corrected chi connectivity index (χ1v) is 12.6. The normalized spacial score (nSPS) is 15.3. The summed E-state index contributed by atoms with van der Waals surface area (Å²) >= 11 is 0. The van der Waals surface area contributed by atoms with E-state index in [1.165, 1.54) is 12.1 Å². The van der Waals surface area contributed by atoms with Crippen molar-refractivity contribution in [1.29, 1.82) is 0 Å². The van der Waals surface area contributed by atoms with Crippen molar-refractivity contribution >= 4 is 6.03 Å². The number of urea groups is 1. The monoisotopic (exact) mass is 494 g/mol. The van der Waals surface area contributed by atoms with Crippen molar-refractivity contribution < 1.29 is 18.7 Å². The molecule has 2 amide bonds. The summed E-state index contributed by atoms with van der Waals surface area (Å²) in [5.74, 6) is 0.856. The molecule has 1 saturated heterocycles. The number of carbonyl (C=O) groups is 1. The van der Waals surface area contributed by atoms with Crippen molar-refractivity contribution in [1.82, 2.24) is 20.0 Å². The Hall–Kier alpha value is -3.39. The van der Waals surface area contributed by atoms with Crippen LogP contribution in [0.1, 0.15) is 50.4 Å². The molecule has 1 aliphatic rings. The molecule has 1 N–H and O–H groups in total. The van der Waals surface area contributed by atoms with E-state index in [4.69, 9.17) is 14.6 Å². The SMILES string of the molecule is CCc1nn(-c2ccc(F)cc2)c(Oc2cccc(C)c2)c1CN(C[C@@H]1CCCO1)C(=O)NC(C)C. The third-order valence-corrected chi connectivity index (χ3v) is 6.13. The topological polar surface area (TPSA) is 68.6 Å². The molecule has 2 heterocycles. The van der Waals surface area contributed by atoms with Gasteiger partial charge in [-0.2, -0.15) is 5.10 Å². The maximum absolute atomic E-state index is 13.7. The predicted molar refractivity (Wildman–Crippen MR) is 137 cm³/mol. The van der Waals surface area contributed by atoms with Crippen LogP contribution in [0, 0.1) is 12.7 Å². The molecule has 36 heavy (non-hydrogen) atoms. The number of carbonyl (C=O) groups excluding carboxylic acids is 1.